The molecular weight excluding hydrogens is 241 g/mol. The Balaban J connectivity index is 2.20. The molecule has 2 aromatic rings. The van der Waals surface area contributed by atoms with Crippen molar-refractivity contribution in [2.45, 2.75) is 19.4 Å². The summed E-state index contributed by atoms with van der Waals surface area (Å²) in [6.45, 7) is 2.06. The first kappa shape index (κ1) is 13.6. The molecule has 2 aromatic carbocycles. The molecule has 0 aliphatic rings. The molecule has 0 saturated heterocycles. The summed E-state index contributed by atoms with van der Waals surface area (Å²) in [6, 6.07) is 12.7. The molecule has 0 aliphatic heterocycles. The van der Waals surface area contributed by atoms with Crippen LogP contribution in [0.2, 0.25) is 0 Å². The molecule has 0 saturated carbocycles. The largest absolute Gasteiger partial charge is 0.494 e. The minimum Gasteiger partial charge on any atom is -0.494 e. The van der Waals surface area contributed by atoms with Crippen molar-refractivity contribution in [1.82, 2.24) is 0 Å². The zero-order valence-electron chi connectivity index (χ0n) is 11.2. The molecule has 100 valence electrons. The van der Waals surface area contributed by atoms with Gasteiger partial charge in [-0.2, -0.15) is 0 Å². The lowest BCUT2D eigenvalue weighted by atomic mass is 9.96. The summed E-state index contributed by atoms with van der Waals surface area (Å²) in [5.41, 5.74) is 9.49. The van der Waals surface area contributed by atoms with Gasteiger partial charge in [0, 0.05) is 6.04 Å². The first-order valence-electron chi connectivity index (χ1n) is 6.25. The summed E-state index contributed by atoms with van der Waals surface area (Å²) in [6.07, 6.45) is 0.724. The van der Waals surface area contributed by atoms with Crippen LogP contribution in [-0.2, 0) is 6.42 Å². The van der Waals surface area contributed by atoms with E-state index in [-0.39, 0.29) is 17.6 Å². The van der Waals surface area contributed by atoms with Gasteiger partial charge >= 0.3 is 0 Å². The van der Waals surface area contributed by atoms with Gasteiger partial charge in [0.05, 0.1) is 7.11 Å². The Morgan fingerprint density at radius 1 is 1.21 bits per heavy atom. The monoisotopic (exact) mass is 259 g/mol. The Hall–Kier alpha value is -1.87. The third kappa shape index (κ3) is 3.12. The van der Waals surface area contributed by atoms with Crippen LogP contribution in [0.3, 0.4) is 0 Å². The number of rotatable bonds is 4. The number of methoxy groups -OCH3 is 1. The molecular formula is C16H18FNO. The number of aryl methyl sites for hydroxylation is 1. The maximum Gasteiger partial charge on any atom is 0.165 e. The number of benzene rings is 2. The quantitative estimate of drug-likeness (QED) is 0.913. The average Bonchev–Trinajstić information content (AvgIpc) is 2.42. The van der Waals surface area contributed by atoms with E-state index in [4.69, 9.17) is 10.5 Å². The average molecular weight is 259 g/mol. The zero-order chi connectivity index (χ0) is 13.8. The normalized spacial score (nSPS) is 12.2. The van der Waals surface area contributed by atoms with E-state index in [0.717, 1.165) is 12.0 Å². The van der Waals surface area contributed by atoms with Gasteiger partial charge in [-0.25, -0.2) is 4.39 Å². The highest BCUT2D eigenvalue weighted by molar-refractivity contribution is 5.34. The molecule has 0 radical (unpaired) electrons. The Bertz CT molecular complexity index is 568. The van der Waals surface area contributed by atoms with Crippen LogP contribution in [0.15, 0.2) is 42.5 Å². The van der Waals surface area contributed by atoms with Crippen LogP contribution in [-0.4, -0.2) is 7.11 Å². The highest BCUT2D eigenvalue weighted by Gasteiger charge is 2.11. The number of halogens is 1. The van der Waals surface area contributed by atoms with Gasteiger partial charge in [0.15, 0.2) is 11.6 Å². The number of hydrogen-bond acceptors (Lipinski definition) is 2. The van der Waals surface area contributed by atoms with Crippen molar-refractivity contribution in [3.63, 3.8) is 0 Å². The van der Waals surface area contributed by atoms with Crippen molar-refractivity contribution in [1.29, 1.82) is 0 Å². The number of nitrogens with two attached hydrogens (primary N) is 1. The predicted molar refractivity (Wildman–Crippen MR) is 74.8 cm³/mol. The van der Waals surface area contributed by atoms with Gasteiger partial charge in [0.2, 0.25) is 0 Å². The number of hydrogen-bond donors (Lipinski definition) is 1. The fourth-order valence-corrected chi connectivity index (χ4v) is 2.10. The molecule has 0 bridgehead atoms. The molecule has 2 rings (SSSR count). The Kier molecular flexibility index (Phi) is 4.17. The van der Waals surface area contributed by atoms with Crippen molar-refractivity contribution in [2.24, 2.45) is 5.73 Å². The minimum atomic E-state index is -0.366. The minimum absolute atomic E-state index is 0.171. The molecule has 1 unspecified atom stereocenters. The lowest BCUT2D eigenvalue weighted by molar-refractivity contribution is 0.385. The van der Waals surface area contributed by atoms with Gasteiger partial charge in [0.25, 0.3) is 0 Å². The first-order valence-corrected chi connectivity index (χ1v) is 6.25. The van der Waals surface area contributed by atoms with Crippen molar-refractivity contribution in [3.05, 3.63) is 65.0 Å². The van der Waals surface area contributed by atoms with Crippen molar-refractivity contribution in [2.75, 3.05) is 7.11 Å². The summed E-state index contributed by atoms with van der Waals surface area (Å²) in [7, 11) is 1.45. The van der Waals surface area contributed by atoms with Crippen LogP contribution in [0.5, 0.6) is 5.75 Å². The van der Waals surface area contributed by atoms with Gasteiger partial charge in [-0.3, -0.25) is 0 Å². The molecule has 2 N–H and O–H groups in total. The van der Waals surface area contributed by atoms with E-state index in [1.54, 1.807) is 12.1 Å². The summed E-state index contributed by atoms with van der Waals surface area (Å²) in [5.74, 6) is -0.132. The fraction of sp³-hybridized carbons (Fsp3) is 0.250. The third-order valence-corrected chi connectivity index (χ3v) is 3.30. The van der Waals surface area contributed by atoms with Crippen LogP contribution in [0.25, 0.3) is 0 Å². The molecule has 0 fully saturated rings. The van der Waals surface area contributed by atoms with Crippen LogP contribution in [0.1, 0.15) is 22.7 Å². The van der Waals surface area contributed by atoms with Gasteiger partial charge in [-0.1, -0.05) is 30.3 Å². The van der Waals surface area contributed by atoms with E-state index in [1.165, 1.54) is 24.3 Å². The van der Waals surface area contributed by atoms with E-state index in [9.17, 15) is 4.39 Å². The summed E-state index contributed by atoms with van der Waals surface area (Å²) >= 11 is 0. The van der Waals surface area contributed by atoms with E-state index >= 15 is 0 Å². The van der Waals surface area contributed by atoms with Crippen molar-refractivity contribution >= 4 is 0 Å². The second kappa shape index (κ2) is 5.85. The lowest BCUT2D eigenvalue weighted by Gasteiger charge is -2.15. The molecule has 3 heteroatoms. The molecule has 0 aromatic heterocycles. The van der Waals surface area contributed by atoms with E-state index < -0.39 is 0 Å². The molecule has 0 amide bonds. The SMILES string of the molecule is COc1cc(C(N)Cc2ccccc2C)ccc1F. The summed E-state index contributed by atoms with van der Waals surface area (Å²) in [4.78, 5) is 0. The standard InChI is InChI=1S/C16H18FNO/c1-11-5-3-4-6-12(11)9-15(18)13-7-8-14(17)16(10-13)19-2/h3-8,10,15H,9,18H2,1-2H3. The highest BCUT2D eigenvalue weighted by atomic mass is 19.1. The van der Waals surface area contributed by atoms with E-state index in [0.29, 0.717) is 0 Å². The maximum atomic E-state index is 13.4. The Morgan fingerprint density at radius 2 is 1.95 bits per heavy atom. The maximum absolute atomic E-state index is 13.4. The van der Waals surface area contributed by atoms with Gasteiger partial charge in [-0.15, -0.1) is 0 Å². The first-order chi connectivity index (χ1) is 9.11. The second-order valence-electron chi connectivity index (χ2n) is 4.63. The van der Waals surface area contributed by atoms with Crippen molar-refractivity contribution < 1.29 is 9.13 Å². The molecule has 1 atom stereocenters. The topological polar surface area (TPSA) is 35.2 Å². The van der Waals surface area contributed by atoms with Crippen molar-refractivity contribution in [3.8, 4) is 5.75 Å². The van der Waals surface area contributed by atoms with Gasteiger partial charge < -0.3 is 10.5 Å². The molecule has 2 nitrogen and oxygen atoms in total. The van der Waals surface area contributed by atoms with Crippen LogP contribution >= 0.6 is 0 Å². The highest BCUT2D eigenvalue weighted by Crippen LogP contribution is 2.24. The van der Waals surface area contributed by atoms with Gasteiger partial charge in [-0.05, 0) is 42.2 Å². The third-order valence-electron chi connectivity index (χ3n) is 3.30. The molecule has 0 aliphatic carbocycles. The van der Waals surface area contributed by atoms with E-state index in [1.807, 2.05) is 12.1 Å². The van der Waals surface area contributed by atoms with Crippen LogP contribution in [0, 0.1) is 12.7 Å². The lowest BCUT2D eigenvalue weighted by Crippen LogP contribution is -2.14. The van der Waals surface area contributed by atoms with E-state index in [2.05, 4.69) is 19.1 Å². The Morgan fingerprint density at radius 3 is 2.63 bits per heavy atom. The Labute approximate surface area is 113 Å². The van der Waals surface area contributed by atoms with Crippen LogP contribution < -0.4 is 10.5 Å². The molecule has 19 heavy (non-hydrogen) atoms. The van der Waals surface area contributed by atoms with Gasteiger partial charge in [0.1, 0.15) is 0 Å². The number of ether oxygens (including phenoxy) is 1. The van der Waals surface area contributed by atoms with Crippen LogP contribution in [0.4, 0.5) is 4.39 Å². The smallest absolute Gasteiger partial charge is 0.165 e. The molecule has 0 heterocycles. The predicted octanol–water partition coefficient (Wildman–Crippen LogP) is 3.39. The zero-order valence-corrected chi connectivity index (χ0v) is 11.2. The summed E-state index contributed by atoms with van der Waals surface area (Å²) < 4.78 is 18.3. The summed E-state index contributed by atoms with van der Waals surface area (Å²) in [5, 5.41) is 0. The second-order valence-corrected chi connectivity index (χ2v) is 4.63. The fourth-order valence-electron chi connectivity index (χ4n) is 2.10. The molecule has 0 spiro atoms.